The molecule has 9 aromatic rings. The molecule has 0 aliphatic rings. The molecule has 0 spiro atoms. The highest BCUT2D eigenvalue weighted by Crippen LogP contribution is 2.49. The number of benzene rings is 6. The van der Waals surface area contributed by atoms with E-state index in [0.29, 0.717) is 0 Å². The fraction of sp³-hybridized carbons (Fsp3) is 0. The molecule has 45 heavy (non-hydrogen) atoms. The van der Waals surface area contributed by atoms with Crippen molar-refractivity contribution in [3.05, 3.63) is 152 Å². The average Bonchev–Trinajstić information content (AvgIpc) is 3.84. The van der Waals surface area contributed by atoms with Crippen LogP contribution in [0, 0.1) is 0 Å². The summed E-state index contributed by atoms with van der Waals surface area (Å²) in [4.78, 5) is 1.30. The molecule has 212 valence electrons. The molecule has 0 amide bonds. The maximum atomic E-state index is 4.58. The maximum Gasteiger partial charge on any atom is 0.148 e. The molecule has 0 aliphatic heterocycles. The van der Waals surface area contributed by atoms with E-state index in [4.69, 9.17) is 0 Å². The lowest BCUT2D eigenvalue weighted by atomic mass is 9.98. The summed E-state index contributed by atoms with van der Waals surface area (Å²) in [5.74, 6) is 0. The van der Waals surface area contributed by atoms with Gasteiger partial charge in [-0.15, -0.1) is 21.5 Å². The standard InChI is InChI=1S/C40H25N3S2/c1-4-13-26(14-5-1)35-32-23-24-34-36(38(32)44-37(35)27-15-6-2-7-16-27)31-21-10-11-22-33(31)43(34)30-20-12-19-29(25-30)40-42-41-39(45-40)28-17-8-3-9-18-28/h1-25H. The minimum Gasteiger partial charge on any atom is -0.309 e. The fourth-order valence-electron chi connectivity index (χ4n) is 6.38. The number of nitrogens with zero attached hydrogens (tertiary/aromatic N) is 3. The Morgan fingerprint density at radius 3 is 1.82 bits per heavy atom. The molecule has 0 saturated carbocycles. The van der Waals surface area contributed by atoms with E-state index in [1.807, 2.05) is 29.5 Å². The van der Waals surface area contributed by atoms with Gasteiger partial charge in [-0.2, -0.15) is 0 Å². The molecule has 3 nitrogen and oxygen atoms in total. The first kappa shape index (κ1) is 26.1. The van der Waals surface area contributed by atoms with E-state index in [9.17, 15) is 0 Å². The Bertz CT molecular complexity index is 2470. The van der Waals surface area contributed by atoms with E-state index < -0.39 is 0 Å². The Morgan fingerprint density at radius 1 is 0.444 bits per heavy atom. The van der Waals surface area contributed by atoms with Gasteiger partial charge in [-0.3, -0.25) is 0 Å². The molecule has 0 bridgehead atoms. The van der Waals surface area contributed by atoms with E-state index in [0.717, 1.165) is 26.8 Å². The Hall–Kier alpha value is -5.36. The molecule has 0 radical (unpaired) electrons. The van der Waals surface area contributed by atoms with Crippen molar-refractivity contribution in [1.29, 1.82) is 0 Å². The molecule has 0 aliphatic carbocycles. The van der Waals surface area contributed by atoms with Gasteiger partial charge < -0.3 is 4.57 Å². The summed E-state index contributed by atoms with van der Waals surface area (Å²) in [6, 6.07) is 53.9. The number of hydrogen-bond donors (Lipinski definition) is 0. The van der Waals surface area contributed by atoms with Crippen molar-refractivity contribution in [2.24, 2.45) is 0 Å². The summed E-state index contributed by atoms with van der Waals surface area (Å²) in [5.41, 5.74) is 9.43. The van der Waals surface area contributed by atoms with Crippen molar-refractivity contribution in [3.8, 4) is 48.4 Å². The van der Waals surface area contributed by atoms with Gasteiger partial charge in [-0.05, 0) is 35.4 Å². The van der Waals surface area contributed by atoms with E-state index >= 15 is 0 Å². The van der Waals surface area contributed by atoms with Crippen LogP contribution in [0.3, 0.4) is 0 Å². The summed E-state index contributed by atoms with van der Waals surface area (Å²) in [6.45, 7) is 0. The molecule has 3 heterocycles. The first-order chi connectivity index (χ1) is 22.3. The van der Waals surface area contributed by atoms with Crippen LogP contribution < -0.4 is 0 Å². The van der Waals surface area contributed by atoms with Crippen LogP contribution in [0.4, 0.5) is 0 Å². The van der Waals surface area contributed by atoms with Crippen LogP contribution in [-0.4, -0.2) is 14.8 Å². The number of hydrogen-bond acceptors (Lipinski definition) is 4. The van der Waals surface area contributed by atoms with E-state index in [1.165, 1.54) is 53.5 Å². The van der Waals surface area contributed by atoms with Crippen LogP contribution in [0.5, 0.6) is 0 Å². The minimum atomic E-state index is 0.914. The van der Waals surface area contributed by atoms with Crippen LogP contribution in [0.2, 0.25) is 0 Å². The van der Waals surface area contributed by atoms with Crippen LogP contribution in [-0.2, 0) is 0 Å². The summed E-state index contributed by atoms with van der Waals surface area (Å²) in [7, 11) is 0. The van der Waals surface area contributed by atoms with Crippen LogP contribution in [0.25, 0.3) is 80.3 Å². The maximum absolute atomic E-state index is 4.58. The van der Waals surface area contributed by atoms with Crippen molar-refractivity contribution in [1.82, 2.24) is 14.8 Å². The highest BCUT2D eigenvalue weighted by Gasteiger charge is 2.21. The predicted molar refractivity (Wildman–Crippen MR) is 191 cm³/mol. The monoisotopic (exact) mass is 611 g/mol. The molecular formula is C40H25N3S2. The van der Waals surface area contributed by atoms with E-state index in [-0.39, 0.29) is 0 Å². The highest BCUT2D eigenvalue weighted by molar-refractivity contribution is 7.24. The fourth-order valence-corrected chi connectivity index (χ4v) is 8.61. The van der Waals surface area contributed by atoms with Crippen LogP contribution in [0.1, 0.15) is 0 Å². The van der Waals surface area contributed by atoms with Gasteiger partial charge in [0.2, 0.25) is 0 Å². The summed E-state index contributed by atoms with van der Waals surface area (Å²) < 4.78 is 3.71. The third kappa shape index (κ3) is 4.32. The number of fused-ring (bicyclic) bond motifs is 5. The van der Waals surface area contributed by atoms with Crippen molar-refractivity contribution in [2.75, 3.05) is 0 Å². The van der Waals surface area contributed by atoms with Crippen LogP contribution >= 0.6 is 22.7 Å². The molecule has 6 aromatic carbocycles. The van der Waals surface area contributed by atoms with Gasteiger partial charge in [-0.1, -0.05) is 139 Å². The van der Waals surface area contributed by atoms with Gasteiger partial charge in [0.25, 0.3) is 0 Å². The van der Waals surface area contributed by atoms with Gasteiger partial charge in [0, 0.05) is 48.1 Å². The number of para-hydroxylation sites is 1. The SMILES string of the molecule is c1ccc(-c2nnc(-c3cccc(-n4c5ccccc5c5c6sc(-c7ccccc7)c(-c7ccccc7)c6ccc54)c3)s2)cc1. The Morgan fingerprint density at radius 2 is 1.07 bits per heavy atom. The number of rotatable bonds is 5. The first-order valence-corrected chi connectivity index (χ1v) is 16.6. The zero-order valence-electron chi connectivity index (χ0n) is 24.1. The van der Waals surface area contributed by atoms with Crippen molar-refractivity contribution in [2.45, 2.75) is 0 Å². The minimum absolute atomic E-state index is 0.914. The van der Waals surface area contributed by atoms with Gasteiger partial charge in [0.15, 0.2) is 0 Å². The second kappa shape index (κ2) is 10.7. The van der Waals surface area contributed by atoms with Crippen molar-refractivity contribution >= 4 is 54.6 Å². The molecule has 0 atom stereocenters. The lowest BCUT2D eigenvalue weighted by Gasteiger charge is -2.09. The lowest BCUT2D eigenvalue weighted by Crippen LogP contribution is -1.94. The Labute approximate surface area is 268 Å². The molecule has 9 rings (SSSR count). The topological polar surface area (TPSA) is 30.7 Å². The Kier molecular flexibility index (Phi) is 6.18. The van der Waals surface area contributed by atoms with E-state index in [1.54, 1.807) is 11.3 Å². The highest BCUT2D eigenvalue weighted by atomic mass is 32.1. The van der Waals surface area contributed by atoms with E-state index in [2.05, 4.69) is 148 Å². The zero-order chi connectivity index (χ0) is 29.7. The molecule has 0 N–H and O–H groups in total. The average molecular weight is 612 g/mol. The van der Waals surface area contributed by atoms with Gasteiger partial charge in [-0.25, -0.2) is 0 Å². The van der Waals surface area contributed by atoms with Crippen molar-refractivity contribution < 1.29 is 0 Å². The molecule has 0 saturated heterocycles. The molecular weight excluding hydrogens is 587 g/mol. The molecule has 3 aromatic heterocycles. The summed E-state index contributed by atoms with van der Waals surface area (Å²) in [5, 5.41) is 14.8. The zero-order valence-corrected chi connectivity index (χ0v) is 25.7. The Balaban J connectivity index is 1.28. The second-order valence-corrected chi connectivity index (χ2v) is 13.1. The second-order valence-electron chi connectivity index (χ2n) is 11.1. The largest absolute Gasteiger partial charge is 0.309 e. The van der Waals surface area contributed by atoms with Gasteiger partial charge in [0.1, 0.15) is 10.0 Å². The first-order valence-electron chi connectivity index (χ1n) is 14.9. The molecule has 0 fully saturated rings. The van der Waals surface area contributed by atoms with Crippen LogP contribution in [0.15, 0.2) is 152 Å². The van der Waals surface area contributed by atoms with Crippen molar-refractivity contribution in [3.63, 3.8) is 0 Å². The predicted octanol–water partition coefficient (Wildman–Crippen LogP) is 11.5. The number of thiophene rings is 1. The van der Waals surface area contributed by atoms with Gasteiger partial charge >= 0.3 is 0 Å². The third-order valence-electron chi connectivity index (χ3n) is 8.39. The molecule has 0 unspecified atom stereocenters. The normalized spacial score (nSPS) is 11.6. The number of aromatic nitrogens is 3. The third-order valence-corrected chi connectivity index (χ3v) is 10.7. The summed E-state index contributed by atoms with van der Waals surface area (Å²) in [6.07, 6.45) is 0. The molecule has 5 heteroatoms. The summed E-state index contributed by atoms with van der Waals surface area (Å²) >= 11 is 3.52. The quantitative estimate of drug-likeness (QED) is 0.194. The smallest absolute Gasteiger partial charge is 0.148 e. The lowest BCUT2D eigenvalue weighted by molar-refractivity contribution is 1.10. The van der Waals surface area contributed by atoms with Gasteiger partial charge in [0.05, 0.1) is 11.0 Å².